The Morgan fingerprint density at radius 3 is 2.44 bits per heavy atom. The fourth-order valence-corrected chi connectivity index (χ4v) is 1.38. The van der Waals surface area contributed by atoms with Gasteiger partial charge in [-0.1, -0.05) is 6.92 Å². The van der Waals surface area contributed by atoms with Crippen LogP contribution in [-0.4, -0.2) is 29.2 Å². The molecule has 0 radical (unpaired) electrons. The molecule has 0 unspecified atom stereocenters. The maximum absolute atomic E-state index is 5.35. The first-order valence-electron chi connectivity index (χ1n) is 6.42. The van der Waals surface area contributed by atoms with Crippen LogP contribution in [0.25, 0.3) is 0 Å². The molecule has 18 heavy (non-hydrogen) atoms. The highest BCUT2D eigenvalue weighted by atomic mass is 16.5. The number of hydrogen-bond acceptors (Lipinski definition) is 5. The van der Waals surface area contributed by atoms with Gasteiger partial charge in [0.2, 0.25) is 0 Å². The van der Waals surface area contributed by atoms with Crippen LogP contribution in [0.5, 0.6) is 0 Å². The normalized spacial score (nSPS) is 11.4. The number of hydrogen-bond donors (Lipinski definition) is 2. The van der Waals surface area contributed by atoms with Gasteiger partial charge in [0.25, 0.3) is 0 Å². The van der Waals surface area contributed by atoms with Crippen molar-refractivity contribution in [3.05, 3.63) is 11.9 Å². The Morgan fingerprint density at radius 1 is 1.22 bits per heavy atom. The minimum atomic E-state index is 0.0161. The summed E-state index contributed by atoms with van der Waals surface area (Å²) in [6.07, 6.45) is 1.02. The summed E-state index contributed by atoms with van der Waals surface area (Å²) in [6.45, 7) is 9.51. The van der Waals surface area contributed by atoms with Crippen LogP contribution >= 0.6 is 0 Å². The molecule has 1 aromatic rings. The molecule has 0 aromatic carbocycles. The molecule has 0 aliphatic carbocycles. The van der Waals surface area contributed by atoms with Crippen molar-refractivity contribution in [2.45, 2.75) is 46.3 Å². The SMILES string of the molecule is CCOCc1nc(NC)cc(NC(C)(C)CC)n1. The second kappa shape index (κ2) is 6.54. The van der Waals surface area contributed by atoms with Crippen LogP contribution in [0.15, 0.2) is 6.07 Å². The smallest absolute Gasteiger partial charge is 0.158 e. The van der Waals surface area contributed by atoms with Crippen LogP contribution in [0.4, 0.5) is 11.6 Å². The van der Waals surface area contributed by atoms with Crippen molar-refractivity contribution in [3.8, 4) is 0 Å². The van der Waals surface area contributed by atoms with Crippen LogP contribution in [0.1, 0.15) is 39.9 Å². The Labute approximate surface area is 109 Å². The summed E-state index contributed by atoms with van der Waals surface area (Å²) in [6, 6.07) is 1.91. The van der Waals surface area contributed by atoms with E-state index in [4.69, 9.17) is 4.74 Å². The van der Waals surface area contributed by atoms with Gasteiger partial charge >= 0.3 is 0 Å². The summed E-state index contributed by atoms with van der Waals surface area (Å²) in [5.74, 6) is 2.32. The zero-order valence-corrected chi connectivity index (χ0v) is 12.0. The van der Waals surface area contributed by atoms with Gasteiger partial charge in [0, 0.05) is 25.3 Å². The van der Waals surface area contributed by atoms with Gasteiger partial charge in [-0.15, -0.1) is 0 Å². The summed E-state index contributed by atoms with van der Waals surface area (Å²) in [5, 5.41) is 6.45. The monoisotopic (exact) mass is 252 g/mol. The van der Waals surface area contributed by atoms with E-state index in [2.05, 4.69) is 41.4 Å². The fraction of sp³-hybridized carbons (Fsp3) is 0.692. The highest BCUT2D eigenvalue weighted by Crippen LogP contribution is 2.18. The second-order valence-corrected chi connectivity index (χ2v) is 4.80. The zero-order chi connectivity index (χ0) is 13.6. The molecular weight excluding hydrogens is 228 g/mol. The predicted molar refractivity (Wildman–Crippen MR) is 74.9 cm³/mol. The van der Waals surface area contributed by atoms with E-state index in [1.54, 1.807) is 0 Å². The van der Waals surface area contributed by atoms with Crippen LogP contribution < -0.4 is 10.6 Å². The van der Waals surface area contributed by atoms with E-state index >= 15 is 0 Å². The van der Waals surface area contributed by atoms with Crippen LogP contribution in [0, 0.1) is 0 Å². The first-order chi connectivity index (χ1) is 8.50. The molecule has 0 amide bonds. The first kappa shape index (κ1) is 14.7. The topological polar surface area (TPSA) is 59.1 Å². The lowest BCUT2D eigenvalue weighted by Gasteiger charge is -2.25. The average Bonchev–Trinajstić information content (AvgIpc) is 2.35. The van der Waals surface area contributed by atoms with E-state index in [0.717, 1.165) is 18.1 Å². The second-order valence-electron chi connectivity index (χ2n) is 4.80. The summed E-state index contributed by atoms with van der Waals surface area (Å²) in [5.41, 5.74) is 0.0161. The van der Waals surface area contributed by atoms with Crippen LogP contribution in [-0.2, 0) is 11.3 Å². The van der Waals surface area contributed by atoms with Crippen molar-refractivity contribution >= 4 is 11.6 Å². The van der Waals surface area contributed by atoms with Crippen molar-refractivity contribution < 1.29 is 4.74 Å². The van der Waals surface area contributed by atoms with Gasteiger partial charge in [-0.05, 0) is 27.2 Å². The minimum absolute atomic E-state index is 0.0161. The molecular formula is C13H24N4O. The molecule has 0 saturated heterocycles. The molecule has 5 heteroatoms. The molecule has 5 nitrogen and oxygen atoms in total. The van der Waals surface area contributed by atoms with E-state index in [1.165, 1.54) is 0 Å². The van der Waals surface area contributed by atoms with Crippen molar-refractivity contribution in [2.75, 3.05) is 24.3 Å². The third-order valence-electron chi connectivity index (χ3n) is 2.81. The van der Waals surface area contributed by atoms with Gasteiger partial charge in [0.1, 0.15) is 18.2 Å². The van der Waals surface area contributed by atoms with E-state index in [0.29, 0.717) is 19.0 Å². The Bertz CT molecular complexity index is 379. The first-order valence-corrected chi connectivity index (χ1v) is 6.42. The molecule has 0 spiro atoms. The van der Waals surface area contributed by atoms with Crippen LogP contribution in [0.2, 0.25) is 0 Å². The van der Waals surface area contributed by atoms with Gasteiger partial charge in [0.05, 0.1) is 0 Å². The summed E-state index contributed by atoms with van der Waals surface area (Å²) >= 11 is 0. The molecule has 0 aliphatic heterocycles. The highest BCUT2D eigenvalue weighted by Gasteiger charge is 2.16. The highest BCUT2D eigenvalue weighted by molar-refractivity contribution is 5.48. The van der Waals surface area contributed by atoms with Gasteiger partial charge in [0.15, 0.2) is 5.82 Å². The van der Waals surface area contributed by atoms with Crippen molar-refractivity contribution in [3.63, 3.8) is 0 Å². The fourth-order valence-electron chi connectivity index (χ4n) is 1.38. The Morgan fingerprint density at radius 2 is 1.89 bits per heavy atom. The molecule has 0 fully saturated rings. The average molecular weight is 252 g/mol. The van der Waals surface area contributed by atoms with E-state index in [-0.39, 0.29) is 5.54 Å². The van der Waals surface area contributed by atoms with Crippen molar-refractivity contribution in [1.82, 2.24) is 9.97 Å². The third-order valence-corrected chi connectivity index (χ3v) is 2.81. The van der Waals surface area contributed by atoms with Crippen molar-refractivity contribution in [1.29, 1.82) is 0 Å². The molecule has 0 saturated carbocycles. The van der Waals surface area contributed by atoms with Gasteiger partial charge in [-0.2, -0.15) is 0 Å². The third kappa shape index (κ3) is 4.49. The standard InChI is InChI=1S/C13H24N4O/c1-6-13(3,4)17-11-8-10(14-5)15-12(16-11)9-18-7-2/h8H,6-7,9H2,1-5H3,(H2,14,15,16,17). The summed E-state index contributed by atoms with van der Waals surface area (Å²) in [4.78, 5) is 8.82. The number of anilines is 2. The maximum Gasteiger partial charge on any atom is 0.158 e. The van der Waals surface area contributed by atoms with E-state index in [9.17, 15) is 0 Å². The molecule has 1 aromatic heterocycles. The Balaban J connectivity index is 2.89. The van der Waals surface area contributed by atoms with E-state index in [1.807, 2.05) is 20.0 Å². The van der Waals surface area contributed by atoms with Gasteiger partial charge in [-0.3, -0.25) is 0 Å². The number of aromatic nitrogens is 2. The molecule has 0 aliphatic rings. The summed E-state index contributed by atoms with van der Waals surface area (Å²) in [7, 11) is 1.85. The predicted octanol–water partition coefficient (Wildman–Crippen LogP) is 2.66. The lowest BCUT2D eigenvalue weighted by molar-refractivity contribution is 0.128. The minimum Gasteiger partial charge on any atom is -0.374 e. The van der Waals surface area contributed by atoms with Gasteiger partial charge in [-0.25, -0.2) is 9.97 Å². The molecule has 102 valence electrons. The lowest BCUT2D eigenvalue weighted by atomic mass is 10.0. The molecule has 0 atom stereocenters. The number of ether oxygens (including phenoxy) is 1. The number of nitrogens with one attached hydrogen (secondary N) is 2. The quantitative estimate of drug-likeness (QED) is 0.781. The summed E-state index contributed by atoms with van der Waals surface area (Å²) < 4.78 is 5.35. The van der Waals surface area contributed by atoms with Crippen molar-refractivity contribution in [2.24, 2.45) is 0 Å². The zero-order valence-electron chi connectivity index (χ0n) is 12.0. The molecule has 1 rings (SSSR count). The lowest BCUT2D eigenvalue weighted by Crippen LogP contribution is -2.30. The van der Waals surface area contributed by atoms with Crippen LogP contribution in [0.3, 0.4) is 0 Å². The number of nitrogens with zero attached hydrogens (tertiary/aromatic N) is 2. The maximum atomic E-state index is 5.35. The van der Waals surface area contributed by atoms with Gasteiger partial charge < -0.3 is 15.4 Å². The molecule has 1 heterocycles. The molecule has 2 N–H and O–H groups in total. The molecule has 0 bridgehead atoms. The van der Waals surface area contributed by atoms with E-state index < -0.39 is 0 Å². The largest absolute Gasteiger partial charge is 0.374 e. The Kier molecular flexibility index (Phi) is 5.34. The Hall–Kier alpha value is -1.36. The number of rotatable bonds is 7.